The minimum absolute atomic E-state index is 0.113. The third kappa shape index (κ3) is 6.17. The summed E-state index contributed by atoms with van der Waals surface area (Å²) >= 11 is 1.70. The first-order valence-electron chi connectivity index (χ1n) is 13.2. The number of nitrogens with one attached hydrogen (secondary N) is 1. The van der Waals surface area contributed by atoms with E-state index in [-0.39, 0.29) is 6.17 Å². The van der Waals surface area contributed by atoms with Crippen molar-refractivity contribution in [2.45, 2.75) is 67.6 Å². The lowest BCUT2D eigenvalue weighted by molar-refractivity contribution is -0.108. The number of amides is 1. The Balaban J connectivity index is 1.18. The Kier molecular flexibility index (Phi) is 8.36. The van der Waals surface area contributed by atoms with E-state index < -0.39 is 0 Å². The van der Waals surface area contributed by atoms with Gasteiger partial charge in [-0.1, -0.05) is 36.0 Å². The molecule has 2 aliphatic rings. The maximum atomic E-state index is 12.0. The minimum atomic E-state index is 0.113. The highest BCUT2D eigenvalue weighted by Gasteiger charge is 2.25. The van der Waals surface area contributed by atoms with E-state index in [2.05, 4.69) is 64.6 Å². The van der Waals surface area contributed by atoms with Gasteiger partial charge in [-0.2, -0.15) is 0 Å². The summed E-state index contributed by atoms with van der Waals surface area (Å²) in [5.74, 6) is 0.547. The van der Waals surface area contributed by atoms with E-state index in [9.17, 15) is 4.79 Å². The van der Waals surface area contributed by atoms with Crippen LogP contribution in [0.2, 0.25) is 0 Å². The quantitative estimate of drug-likeness (QED) is 0.386. The molecule has 3 aromatic rings. The van der Waals surface area contributed by atoms with Crippen LogP contribution < -0.4 is 10.2 Å². The molecule has 0 radical (unpaired) electrons. The number of likely N-dealkylation sites (tertiary alicyclic amines) is 1. The van der Waals surface area contributed by atoms with Gasteiger partial charge in [0, 0.05) is 23.3 Å². The van der Waals surface area contributed by atoms with Crippen molar-refractivity contribution in [3.63, 3.8) is 0 Å². The van der Waals surface area contributed by atoms with Gasteiger partial charge in [0.05, 0.1) is 6.17 Å². The Morgan fingerprint density at radius 3 is 2.58 bits per heavy atom. The van der Waals surface area contributed by atoms with Crippen LogP contribution in [0, 0.1) is 6.92 Å². The van der Waals surface area contributed by atoms with E-state index in [4.69, 9.17) is 0 Å². The molecule has 1 aromatic heterocycles. The molecule has 188 valence electrons. The van der Waals surface area contributed by atoms with Crippen LogP contribution in [0.3, 0.4) is 0 Å². The van der Waals surface area contributed by atoms with Gasteiger partial charge in [0.1, 0.15) is 5.03 Å². The van der Waals surface area contributed by atoms with E-state index >= 15 is 0 Å². The highest BCUT2D eigenvalue weighted by Crippen LogP contribution is 2.34. The zero-order valence-electron chi connectivity index (χ0n) is 21.1. The second-order valence-corrected chi connectivity index (χ2v) is 11.1. The first-order valence-corrected chi connectivity index (χ1v) is 14.0. The van der Waals surface area contributed by atoms with Crippen molar-refractivity contribution in [1.82, 2.24) is 15.2 Å². The molecular weight excluding hydrogens is 464 g/mol. The molecule has 0 unspecified atom stereocenters. The molecule has 0 saturated carbocycles. The molecule has 1 atom stereocenters. The van der Waals surface area contributed by atoms with Crippen molar-refractivity contribution in [2.24, 2.45) is 0 Å². The molecule has 6 heteroatoms. The van der Waals surface area contributed by atoms with Crippen molar-refractivity contribution in [2.75, 3.05) is 24.5 Å². The fraction of sp³-hybridized carbons (Fsp3) is 0.400. The number of hydrogen-bond acceptors (Lipinski definition) is 5. The fourth-order valence-electron chi connectivity index (χ4n) is 5.46. The van der Waals surface area contributed by atoms with Crippen molar-refractivity contribution >= 4 is 23.9 Å². The molecule has 0 spiro atoms. The second kappa shape index (κ2) is 12.0. The maximum absolute atomic E-state index is 12.0. The van der Waals surface area contributed by atoms with E-state index in [1.165, 1.54) is 34.4 Å². The number of benzene rings is 2. The third-order valence-corrected chi connectivity index (χ3v) is 8.47. The summed E-state index contributed by atoms with van der Waals surface area (Å²) in [6.07, 6.45) is 8.64. The van der Waals surface area contributed by atoms with Gasteiger partial charge in [-0.3, -0.25) is 19.9 Å². The van der Waals surface area contributed by atoms with Crippen molar-refractivity contribution < 1.29 is 4.79 Å². The SMILES string of the molecule is Cc1ccc(N(C=O)[C@H]2CCCCN2)cc1C1CCN(Cc2ccc(Sc3ccccn3)cc2)CC1. The highest BCUT2D eigenvalue weighted by molar-refractivity contribution is 7.99. The van der Waals surface area contributed by atoms with E-state index in [0.717, 1.165) is 62.6 Å². The first-order chi connectivity index (χ1) is 17.7. The smallest absolute Gasteiger partial charge is 0.215 e. The molecule has 2 aromatic carbocycles. The zero-order valence-corrected chi connectivity index (χ0v) is 21.9. The van der Waals surface area contributed by atoms with Gasteiger partial charge < -0.3 is 0 Å². The van der Waals surface area contributed by atoms with Crippen molar-refractivity contribution in [3.8, 4) is 0 Å². The molecule has 0 aliphatic carbocycles. The van der Waals surface area contributed by atoms with Crippen LogP contribution in [0.1, 0.15) is 54.7 Å². The molecule has 1 amide bonds. The monoisotopic (exact) mass is 500 g/mol. The van der Waals surface area contributed by atoms with Crippen LogP contribution in [-0.2, 0) is 11.3 Å². The average Bonchev–Trinajstić information content (AvgIpc) is 2.93. The van der Waals surface area contributed by atoms with Gasteiger partial charge in [-0.05, 0) is 118 Å². The molecular formula is C30H36N4OS. The lowest BCUT2D eigenvalue weighted by atomic mass is 9.86. The number of nitrogens with zero attached hydrogens (tertiary/aromatic N) is 3. The van der Waals surface area contributed by atoms with Gasteiger partial charge in [0.15, 0.2) is 0 Å². The summed E-state index contributed by atoms with van der Waals surface area (Å²) in [5, 5.41) is 4.54. The Labute approximate surface area is 219 Å². The first kappa shape index (κ1) is 25.0. The summed E-state index contributed by atoms with van der Waals surface area (Å²) in [4.78, 5) is 22.1. The number of pyridine rings is 1. The molecule has 2 saturated heterocycles. The maximum Gasteiger partial charge on any atom is 0.215 e. The highest BCUT2D eigenvalue weighted by atomic mass is 32.2. The van der Waals surface area contributed by atoms with E-state index in [1.807, 2.05) is 29.3 Å². The zero-order chi connectivity index (χ0) is 24.7. The lowest BCUT2D eigenvalue weighted by Gasteiger charge is -2.35. The average molecular weight is 501 g/mol. The summed E-state index contributed by atoms with van der Waals surface area (Å²) in [7, 11) is 0. The standard InChI is InChI=1S/C30H36N4OS/c1-23-8-11-26(34(22-35)29-6-2-4-16-31-29)20-28(23)25-14-18-33(19-15-25)21-24-9-12-27(13-10-24)36-30-7-3-5-17-32-30/h3,5,7-13,17,20,22,25,29,31H,2,4,6,14-16,18-19,21H2,1H3/t29-/m0/s1. The predicted octanol–water partition coefficient (Wildman–Crippen LogP) is 5.98. The normalized spacial score (nSPS) is 19.2. The van der Waals surface area contributed by atoms with Crippen LogP contribution in [0.15, 0.2) is 76.8 Å². The summed E-state index contributed by atoms with van der Waals surface area (Å²) < 4.78 is 0. The number of anilines is 1. The molecule has 0 bridgehead atoms. The summed E-state index contributed by atoms with van der Waals surface area (Å²) in [6.45, 7) is 6.38. The molecule has 5 rings (SSSR count). The topological polar surface area (TPSA) is 48.5 Å². The van der Waals surface area contributed by atoms with Crippen molar-refractivity contribution in [3.05, 3.63) is 83.6 Å². The Bertz CT molecular complexity index is 1120. The van der Waals surface area contributed by atoms with E-state index in [1.54, 1.807) is 11.8 Å². The molecule has 3 heterocycles. The van der Waals surface area contributed by atoms with Crippen LogP contribution >= 0.6 is 11.8 Å². The predicted molar refractivity (Wildman–Crippen MR) is 147 cm³/mol. The minimum Gasteiger partial charge on any atom is -0.299 e. The summed E-state index contributed by atoms with van der Waals surface area (Å²) in [5.41, 5.74) is 5.13. The molecule has 36 heavy (non-hydrogen) atoms. The van der Waals surface area contributed by atoms with Gasteiger partial charge >= 0.3 is 0 Å². The Morgan fingerprint density at radius 2 is 1.89 bits per heavy atom. The lowest BCUT2D eigenvalue weighted by Crippen LogP contribution is -2.47. The number of aryl methyl sites for hydroxylation is 1. The van der Waals surface area contributed by atoms with Gasteiger partial charge in [-0.15, -0.1) is 0 Å². The molecule has 2 aliphatic heterocycles. The molecule has 5 nitrogen and oxygen atoms in total. The number of hydrogen-bond donors (Lipinski definition) is 1. The second-order valence-electron chi connectivity index (χ2n) is 9.98. The van der Waals surface area contributed by atoms with Gasteiger partial charge in [0.25, 0.3) is 0 Å². The Morgan fingerprint density at radius 1 is 1.06 bits per heavy atom. The number of aromatic nitrogens is 1. The largest absolute Gasteiger partial charge is 0.299 e. The summed E-state index contributed by atoms with van der Waals surface area (Å²) in [6, 6.07) is 21.5. The van der Waals surface area contributed by atoms with Gasteiger partial charge in [-0.25, -0.2) is 4.98 Å². The van der Waals surface area contributed by atoms with E-state index in [0.29, 0.717) is 5.92 Å². The van der Waals surface area contributed by atoms with Crippen LogP contribution in [0.5, 0.6) is 0 Å². The third-order valence-electron chi connectivity index (χ3n) is 7.51. The van der Waals surface area contributed by atoms with Crippen LogP contribution in [0.4, 0.5) is 5.69 Å². The number of carbonyl (C=O) groups is 1. The van der Waals surface area contributed by atoms with Crippen molar-refractivity contribution in [1.29, 1.82) is 0 Å². The molecule has 1 N–H and O–H groups in total. The van der Waals surface area contributed by atoms with Crippen LogP contribution in [0.25, 0.3) is 0 Å². The number of rotatable bonds is 8. The number of carbonyl (C=O) groups excluding carboxylic acids is 1. The van der Waals surface area contributed by atoms with Gasteiger partial charge in [0.2, 0.25) is 6.41 Å². The number of piperidine rings is 2. The Hall–Kier alpha value is -2.67. The van der Waals surface area contributed by atoms with Crippen LogP contribution in [-0.4, -0.2) is 42.1 Å². The molecule has 2 fully saturated rings. The fourth-order valence-corrected chi connectivity index (χ4v) is 6.24.